The summed E-state index contributed by atoms with van der Waals surface area (Å²) in [5.41, 5.74) is 6.69. The van der Waals surface area contributed by atoms with Crippen molar-refractivity contribution >= 4 is 12.0 Å². The highest BCUT2D eigenvalue weighted by Gasteiger charge is 2.28. The normalized spacial score (nSPS) is 21.1. The number of hydrogen-bond donors (Lipinski definition) is 3. The summed E-state index contributed by atoms with van der Waals surface area (Å²) in [4.78, 5) is 24.4. The number of carbonyl (C=O) groups is 2. The molecular formula is C18H27N3O3. The molecule has 2 unspecified atom stereocenters. The predicted octanol–water partition coefficient (Wildman–Crippen LogP) is 1.59. The first-order valence-electron chi connectivity index (χ1n) is 8.60. The molecule has 1 aliphatic carbocycles. The van der Waals surface area contributed by atoms with Gasteiger partial charge in [-0.1, -0.05) is 30.3 Å². The molecule has 1 aromatic rings. The van der Waals surface area contributed by atoms with Gasteiger partial charge >= 0.3 is 6.09 Å². The van der Waals surface area contributed by atoms with Crippen LogP contribution in [-0.4, -0.2) is 37.2 Å². The molecule has 0 radical (unpaired) electrons. The minimum absolute atomic E-state index is 0.133. The molecule has 6 nitrogen and oxygen atoms in total. The van der Waals surface area contributed by atoms with Crippen molar-refractivity contribution in [3.8, 4) is 0 Å². The van der Waals surface area contributed by atoms with E-state index in [-0.39, 0.29) is 18.6 Å². The van der Waals surface area contributed by atoms with Gasteiger partial charge in [-0.2, -0.15) is 0 Å². The Kier molecular flexibility index (Phi) is 7.06. The van der Waals surface area contributed by atoms with E-state index >= 15 is 0 Å². The van der Waals surface area contributed by atoms with Crippen LogP contribution < -0.4 is 16.4 Å². The average Bonchev–Trinajstić information content (AvgIpc) is 3.03. The monoisotopic (exact) mass is 333 g/mol. The quantitative estimate of drug-likeness (QED) is 0.706. The Morgan fingerprint density at radius 2 is 2.04 bits per heavy atom. The lowest BCUT2D eigenvalue weighted by Crippen LogP contribution is -2.50. The molecule has 1 aromatic carbocycles. The molecule has 0 bridgehead atoms. The predicted molar refractivity (Wildman–Crippen MR) is 92.4 cm³/mol. The van der Waals surface area contributed by atoms with Gasteiger partial charge in [0.15, 0.2) is 0 Å². The zero-order valence-corrected chi connectivity index (χ0v) is 14.2. The summed E-state index contributed by atoms with van der Waals surface area (Å²) in [6.45, 7) is 2.66. The molecule has 4 N–H and O–H groups in total. The smallest absolute Gasteiger partial charge is 0.407 e. The van der Waals surface area contributed by atoms with Crippen molar-refractivity contribution in [3.63, 3.8) is 0 Å². The fourth-order valence-corrected chi connectivity index (χ4v) is 3.10. The Labute approximate surface area is 143 Å². The Morgan fingerprint density at radius 1 is 1.29 bits per heavy atom. The molecule has 0 spiro atoms. The number of nitrogens with two attached hydrogens (primary N) is 1. The lowest BCUT2D eigenvalue weighted by Gasteiger charge is -2.21. The van der Waals surface area contributed by atoms with E-state index in [4.69, 9.17) is 10.5 Å². The lowest BCUT2D eigenvalue weighted by molar-refractivity contribution is -0.123. The van der Waals surface area contributed by atoms with Crippen LogP contribution in [0.2, 0.25) is 0 Å². The van der Waals surface area contributed by atoms with Gasteiger partial charge in [-0.15, -0.1) is 0 Å². The Morgan fingerprint density at radius 3 is 2.67 bits per heavy atom. The molecule has 0 aromatic heterocycles. The first-order valence-corrected chi connectivity index (χ1v) is 8.60. The SMILES string of the molecule is CCOC(=O)N[C@H](Cc1ccccc1)C(=O)NC1CCC(CN)C1. The van der Waals surface area contributed by atoms with E-state index in [0.29, 0.717) is 18.9 Å². The van der Waals surface area contributed by atoms with E-state index in [0.717, 1.165) is 24.8 Å². The van der Waals surface area contributed by atoms with Crippen LogP contribution in [0.4, 0.5) is 4.79 Å². The van der Waals surface area contributed by atoms with Crippen molar-refractivity contribution in [1.82, 2.24) is 10.6 Å². The number of amides is 2. The third-order valence-electron chi connectivity index (χ3n) is 4.39. The Bertz CT molecular complexity index is 536. The molecule has 6 heteroatoms. The van der Waals surface area contributed by atoms with Crippen molar-refractivity contribution in [2.45, 2.75) is 44.7 Å². The van der Waals surface area contributed by atoms with Gasteiger partial charge in [-0.3, -0.25) is 4.79 Å². The largest absolute Gasteiger partial charge is 0.450 e. The van der Waals surface area contributed by atoms with Gasteiger partial charge < -0.3 is 21.1 Å². The Balaban J connectivity index is 1.98. The molecule has 3 atom stereocenters. The third kappa shape index (κ3) is 5.53. The maximum atomic E-state index is 12.6. The average molecular weight is 333 g/mol. The van der Waals surface area contributed by atoms with Crippen LogP contribution in [0.1, 0.15) is 31.7 Å². The van der Waals surface area contributed by atoms with Gasteiger partial charge in [0.2, 0.25) is 5.91 Å². The highest BCUT2D eigenvalue weighted by atomic mass is 16.5. The molecular weight excluding hydrogens is 306 g/mol. The molecule has 1 fully saturated rings. The number of rotatable bonds is 7. The summed E-state index contributed by atoms with van der Waals surface area (Å²) < 4.78 is 4.92. The minimum Gasteiger partial charge on any atom is -0.450 e. The van der Waals surface area contributed by atoms with E-state index in [1.54, 1.807) is 6.92 Å². The van der Waals surface area contributed by atoms with Gasteiger partial charge in [0.1, 0.15) is 6.04 Å². The van der Waals surface area contributed by atoms with Crippen molar-refractivity contribution < 1.29 is 14.3 Å². The zero-order chi connectivity index (χ0) is 17.4. The van der Waals surface area contributed by atoms with Crippen LogP contribution in [0.25, 0.3) is 0 Å². The second-order valence-corrected chi connectivity index (χ2v) is 6.23. The number of benzene rings is 1. The fourth-order valence-electron chi connectivity index (χ4n) is 3.10. The fraction of sp³-hybridized carbons (Fsp3) is 0.556. The van der Waals surface area contributed by atoms with Crippen LogP contribution >= 0.6 is 0 Å². The van der Waals surface area contributed by atoms with Crippen LogP contribution in [0.15, 0.2) is 30.3 Å². The molecule has 2 rings (SSSR count). The van der Waals surface area contributed by atoms with E-state index in [1.165, 1.54) is 0 Å². The van der Waals surface area contributed by atoms with Crippen LogP contribution in [0, 0.1) is 5.92 Å². The summed E-state index contributed by atoms with van der Waals surface area (Å²) in [6, 6.07) is 9.11. The molecule has 0 heterocycles. The summed E-state index contributed by atoms with van der Waals surface area (Å²) in [6.07, 6.45) is 2.74. The Hall–Kier alpha value is -2.08. The van der Waals surface area contributed by atoms with Crippen molar-refractivity contribution in [2.75, 3.05) is 13.2 Å². The van der Waals surface area contributed by atoms with E-state index < -0.39 is 12.1 Å². The van der Waals surface area contributed by atoms with Crippen LogP contribution in [0.5, 0.6) is 0 Å². The highest BCUT2D eigenvalue weighted by molar-refractivity contribution is 5.86. The number of nitrogens with one attached hydrogen (secondary N) is 2. The van der Waals surface area contributed by atoms with Gasteiger partial charge in [0.05, 0.1) is 6.61 Å². The summed E-state index contributed by atoms with van der Waals surface area (Å²) in [5.74, 6) is 0.301. The molecule has 132 valence electrons. The van der Waals surface area contributed by atoms with Gasteiger partial charge in [0, 0.05) is 12.5 Å². The minimum atomic E-state index is -0.650. The van der Waals surface area contributed by atoms with Crippen molar-refractivity contribution in [2.24, 2.45) is 11.7 Å². The summed E-state index contributed by atoms with van der Waals surface area (Å²) in [7, 11) is 0. The molecule has 24 heavy (non-hydrogen) atoms. The first kappa shape index (κ1) is 18.3. The van der Waals surface area contributed by atoms with Gasteiger partial charge in [-0.25, -0.2) is 4.79 Å². The first-order chi connectivity index (χ1) is 11.6. The zero-order valence-electron chi connectivity index (χ0n) is 14.2. The maximum absolute atomic E-state index is 12.6. The number of hydrogen-bond acceptors (Lipinski definition) is 4. The second kappa shape index (κ2) is 9.27. The molecule has 0 aliphatic heterocycles. The second-order valence-electron chi connectivity index (χ2n) is 6.23. The molecule has 1 saturated carbocycles. The number of alkyl carbamates (subject to hydrolysis) is 1. The number of ether oxygens (including phenoxy) is 1. The van der Waals surface area contributed by atoms with Crippen molar-refractivity contribution in [1.29, 1.82) is 0 Å². The molecule has 2 amide bonds. The topological polar surface area (TPSA) is 93.4 Å². The maximum Gasteiger partial charge on any atom is 0.407 e. The standard InChI is InChI=1S/C18H27N3O3/c1-2-24-18(23)21-16(11-13-6-4-3-5-7-13)17(22)20-15-9-8-14(10-15)12-19/h3-7,14-16H,2,8-12,19H2,1H3,(H,20,22)(H,21,23)/t14?,15?,16-/m1/s1. The number of carbonyl (C=O) groups excluding carboxylic acids is 2. The van der Waals surface area contributed by atoms with E-state index in [1.807, 2.05) is 30.3 Å². The highest BCUT2D eigenvalue weighted by Crippen LogP contribution is 2.24. The van der Waals surface area contributed by atoms with Crippen LogP contribution in [0.3, 0.4) is 0 Å². The van der Waals surface area contributed by atoms with Gasteiger partial charge in [-0.05, 0) is 44.2 Å². The van der Waals surface area contributed by atoms with E-state index in [9.17, 15) is 9.59 Å². The molecule has 1 aliphatic rings. The van der Waals surface area contributed by atoms with Crippen molar-refractivity contribution in [3.05, 3.63) is 35.9 Å². The third-order valence-corrected chi connectivity index (χ3v) is 4.39. The van der Waals surface area contributed by atoms with Crippen LogP contribution in [-0.2, 0) is 16.0 Å². The summed E-state index contributed by atoms with van der Waals surface area (Å²) in [5, 5.41) is 5.71. The van der Waals surface area contributed by atoms with E-state index in [2.05, 4.69) is 10.6 Å². The lowest BCUT2D eigenvalue weighted by atomic mass is 10.0. The van der Waals surface area contributed by atoms with Gasteiger partial charge in [0.25, 0.3) is 0 Å². The summed E-state index contributed by atoms with van der Waals surface area (Å²) >= 11 is 0. The molecule has 0 saturated heterocycles.